The number of carbonyl (C=O) groups is 1. The van der Waals surface area contributed by atoms with Crippen molar-refractivity contribution in [2.75, 3.05) is 0 Å². The van der Waals surface area contributed by atoms with Crippen LogP contribution < -0.4 is 4.74 Å². The summed E-state index contributed by atoms with van der Waals surface area (Å²) < 4.78 is 10.8. The van der Waals surface area contributed by atoms with Crippen LogP contribution >= 0.6 is 0 Å². The van der Waals surface area contributed by atoms with Crippen molar-refractivity contribution in [1.82, 2.24) is 0 Å². The van der Waals surface area contributed by atoms with Gasteiger partial charge in [-0.05, 0) is 48.2 Å². The summed E-state index contributed by atoms with van der Waals surface area (Å²) >= 11 is 0. The number of hydrogen-bond donors (Lipinski definition) is 1. The van der Waals surface area contributed by atoms with Gasteiger partial charge in [-0.3, -0.25) is 0 Å². The fourth-order valence-electron chi connectivity index (χ4n) is 2.41. The first-order valence-corrected chi connectivity index (χ1v) is 7.78. The number of carboxylic acids is 1. The van der Waals surface area contributed by atoms with Crippen LogP contribution in [0, 0.1) is 0 Å². The maximum atomic E-state index is 10.8. The predicted octanol–water partition coefficient (Wildman–Crippen LogP) is 4.34. The molecule has 0 spiro atoms. The van der Waals surface area contributed by atoms with Crippen LogP contribution in [0.4, 0.5) is 0 Å². The van der Waals surface area contributed by atoms with E-state index < -0.39 is 5.97 Å². The summed E-state index contributed by atoms with van der Waals surface area (Å²) in [6, 6.07) is 21.3. The third-order valence-corrected chi connectivity index (χ3v) is 3.72. The van der Waals surface area contributed by atoms with Crippen LogP contribution in [0.15, 0.2) is 71.1 Å². The highest BCUT2D eigenvalue weighted by Crippen LogP contribution is 2.17. The molecule has 3 rings (SSSR count). The van der Waals surface area contributed by atoms with Crippen LogP contribution in [0.5, 0.6) is 5.75 Å². The number of benzene rings is 2. The topological polar surface area (TPSA) is 59.7 Å². The van der Waals surface area contributed by atoms with Gasteiger partial charge in [-0.1, -0.05) is 42.5 Å². The second-order valence-corrected chi connectivity index (χ2v) is 5.49. The van der Waals surface area contributed by atoms with Crippen LogP contribution in [0.1, 0.15) is 27.4 Å². The molecule has 0 aliphatic heterocycles. The standard InChI is InChI=1S/C20H18O4/c21-20(22)19-13-12-18(24-19)14-23-17-10-8-16(9-11-17)7-6-15-4-2-1-3-5-15/h1-5,8-13H,6-7,14H2,(H,21,22). The first kappa shape index (κ1) is 15.9. The summed E-state index contributed by atoms with van der Waals surface area (Å²) in [6.07, 6.45) is 1.98. The molecular formula is C20H18O4. The van der Waals surface area contributed by atoms with E-state index in [0.29, 0.717) is 5.76 Å². The molecule has 1 aromatic heterocycles. The minimum absolute atomic E-state index is 0.0788. The zero-order valence-corrected chi connectivity index (χ0v) is 13.1. The lowest BCUT2D eigenvalue weighted by atomic mass is 10.0. The Balaban J connectivity index is 1.51. The van der Waals surface area contributed by atoms with Gasteiger partial charge in [0, 0.05) is 0 Å². The van der Waals surface area contributed by atoms with E-state index in [2.05, 4.69) is 24.3 Å². The van der Waals surface area contributed by atoms with Gasteiger partial charge in [-0.2, -0.15) is 0 Å². The fourth-order valence-corrected chi connectivity index (χ4v) is 2.41. The average molecular weight is 322 g/mol. The molecule has 0 radical (unpaired) electrons. The van der Waals surface area contributed by atoms with Gasteiger partial charge in [0.1, 0.15) is 18.1 Å². The van der Waals surface area contributed by atoms with Crippen LogP contribution in [-0.2, 0) is 19.4 Å². The average Bonchev–Trinajstić information content (AvgIpc) is 3.09. The van der Waals surface area contributed by atoms with Crippen molar-refractivity contribution in [1.29, 1.82) is 0 Å². The van der Waals surface area contributed by atoms with Crippen molar-refractivity contribution in [3.63, 3.8) is 0 Å². The predicted molar refractivity (Wildman–Crippen MR) is 90.3 cm³/mol. The second kappa shape index (κ2) is 7.51. The van der Waals surface area contributed by atoms with Gasteiger partial charge in [0.15, 0.2) is 0 Å². The van der Waals surface area contributed by atoms with E-state index in [1.165, 1.54) is 17.2 Å². The van der Waals surface area contributed by atoms with Crippen LogP contribution in [0.2, 0.25) is 0 Å². The highest BCUT2D eigenvalue weighted by Gasteiger charge is 2.09. The van der Waals surface area contributed by atoms with Gasteiger partial charge in [0.25, 0.3) is 0 Å². The molecule has 0 aliphatic rings. The van der Waals surface area contributed by atoms with E-state index in [1.54, 1.807) is 6.07 Å². The molecule has 1 N–H and O–H groups in total. The number of carboxylic acid groups (broad SMARTS) is 1. The van der Waals surface area contributed by atoms with E-state index in [1.807, 2.05) is 30.3 Å². The third kappa shape index (κ3) is 4.26. The molecule has 0 atom stereocenters. The minimum atomic E-state index is -1.08. The molecule has 24 heavy (non-hydrogen) atoms. The molecular weight excluding hydrogens is 304 g/mol. The van der Waals surface area contributed by atoms with Crippen LogP contribution in [0.3, 0.4) is 0 Å². The van der Waals surface area contributed by atoms with Crippen molar-refractivity contribution < 1.29 is 19.1 Å². The maximum Gasteiger partial charge on any atom is 0.371 e. The molecule has 0 unspecified atom stereocenters. The van der Waals surface area contributed by atoms with Crippen LogP contribution in [-0.4, -0.2) is 11.1 Å². The normalized spacial score (nSPS) is 10.5. The Morgan fingerprint density at radius 1 is 0.875 bits per heavy atom. The molecule has 0 bridgehead atoms. The van der Waals surface area contributed by atoms with E-state index in [4.69, 9.17) is 14.3 Å². The molecule has 2 aromatic carbocycles. The lowest BCUT2D eigenvalue weighted by Crippen LogP contribution is -1.96. The molecule has 0 aliphatic carbocycles. The summed E-state index contributed by atoms with van der Waals surface area (Å²) in [5.41, 5.74) is 2.57. The van der Waals surface area contributed by atoms with Gasteiger partial charge in [-0.15, -0.1) is 0 Å². The molecule has 0 saturated heterocycles. The summed E-state index contributed by atoms with van der Waals surface area (Å²) in [6.45, 7) is 0.205. The summed E-state index contributed by atoms with van der Waals surface area (Å²) in [5, 5.41) is 8.81. The maximum absolute atomic E-state index is 10.8. The lowest BCUT2D eigenvalue weighted by molar-refractivity contribution is 0.0658. The van der Waals surface area contributed by atoms with Crippen molar-refractivity contribution >= 4 is 5.97 Å². The second-order valence-electron chi connectivity index (χ2n) is 5.49. The Labute approximate surface area is 140 Å². The van der Waals surface area contributed by atoms with Crippen molar-refractivity contribution in [2.45, 2.75) is 19.4 Å². The first-order chi connectivity index (χ1) is 11.7. The number of rotatable bonds is 7. The number of ether oxygens (including phenoxy) is 1. The largest absolute Gasteiger partial charge is 0.486 e. The molecule has 4 heteroatoms. The monoisotopic (exact) mass is 322 g/mol. The molecule has 4 nitrogen and oxygen atoms in total. The van der Waals surface area contributed by atoms with Crippen LogP contribution in [0.25, 0.3) is 0 Å². The third-order valence-electron chi connectivity index (χ3n) is 3.72. The van der Waals surface area contributed by atoms with Gasteiger partial charge in [-0.25, -0.2) is 4.79 Å². The Bertz CT molecular complexity index is 788. The minimum Gasteiger partial charge on any atom is -0.486 e. The van der Waals surface area contributed by atoms with Gasteiger partial charge < -0.3 is 14.3 Å². The smallest absolute Gasteiger partial charge is 0.371 e. The Morgan fingerprint density at radius 3 is 2.17 bits per heavy atom. The van der Waals surface area contributed by atoms with Gasteiger partial charge >= 0.3 is 5.97 Å². The molecule has 0 fully saturated rings. The molecule has 122 valence electrons. The van der Waals surface area contributed by atoms with E-state index in [0.717, 1.165) is 18.6 Å². The summed E-state index contributed by atoms with van der Waals surface area (Å²) in [4.78, 5) is 10.8. The molecule has 3 aromatic rings. The summed E-state index contributed by atoms with van der Waals surface area (Å²) in [7, 11) is 0. The number of furan rings is 1. The Morgan fingerprint density at radius 2 is 1.54 bits per heavy atom. The lowest BCUT2D eigenvalue weighted by Gasteiger charge is -2.06. The van der Waals surface area contributed by atoms with E-state index >= 15 is 0 Å². The molecule has 1 heterocycles. The number of hydrogen-bond acceptors (Lipinski definition) is 3. The van der Waals surface area contributed by atoms with Crippen molar-refractivity contribution in [2.24, 2.45) is 0 Å². The Kier molecular flexibility index (Phi) is 4.96. The fraction of sp³-hybridized carbons (Fsp3) is 0.150. The Hall–Kier alpha value is -3.01. The highest BCUT2D eigenvalue weighted by molar-refractivity contribution is 5.84. The van der Waals surface area contributed by atoms with Crippen molar-refractivity contribution in [3.8, 4) is 5.75 Å². The quantitative estimate of drug-likeness (QED) is 0.703. The van der Waals surface area contributed by atoms with Crippen molar-refractivity contribution in [3.05, 3.63) is 89.4 Å². The van der Waals surface area contributed by atoms with E-state index in [9.17, 15) is 4.79 Å². The zero-order valence-electron chi connectivity index (χ0n) is 13.1. The van der Waals surface area contributed by atoms with E-state index in [-0.39, 0.29) is 12.4 Å². The number of aryl methyl sites for hydroxylation is 2. The van der Waals surface area contributed by atoms with Gasteiger partial charge in [0.05, 0.1) is 0 Å². The highest BCUT2D eigenvalue weighted by atomic mass is 16.5. The van der Waals surface area contributed by atoms with Gasteiger partial charge in [0.2, 0.25) is 5.76 Å². The first-order valence-electron chi connectivity index (χ1n) is 7.78. The SMILES string of the molecule is O=C(O)c1ccc(COc2ccc(CCc3ccccc3)cc2)o1. The number of aromatic carboxylic acids is 1. The summed E-state index contributed by atoms with van der Waals surface area (Å²) in [5.74, 6) is 0.0566. The zero-order chi connectivity index (χ0) is 16.8. The molecule has 0 saturated carbocycles. The molecule has 0 amide bonds.